The molecule has 3 rings (SSSR count). The van der Waals surface area contributed by atoms with Gasteiger partial charge in [-0.1, -0.05) is 36.4 Å². The summed E-state index contributed by atoms with van der Waals surface area (Å²) in [6.07, 6.45) is -3.78. The third kappa shape index (κ3) is 7.36. The highest BCUT2D eigenvalue weighted by atomic mass is 19.4. The topological polar surface area (TPSA) is 124 Å². The Kier molecular flexibility index (Phi) is 7.79. The predicted molar refractivity (Wildman–Crippen MR) is 116 cm³/mol. The van der Waals surface area contributed by atoms with Gasteiger partial charge in [0.15, 0.2) is 6.61 Å². The van der Waals surface area contributed by atoms with Gasteiger partial charge in [0.2, 0.25) is 11.9 Å². The van der Waals surface area contributed by atoms with E-state index in [4.69, 9.17) is 16.2 Å². The first-order valence-electron chi connectivity index (χ1n) is 9.88. The molecule has 0 amide bonds. The van der Waals surface area contributed by atoms with Crippen LogP contribution >= 0.6 is 0 Å². The SMILES string of the molecule is NCCc1cccc(CNc2nc(Nc3ccc(CN)cc3)nc(OCC(F)(F)F)n2)c1. The number of rotatable bonds is 10. The van der Waals surface area contributed by atoms with Gasteiger partial charge in [0.05, 0.1) is 0 Å². The third-order valence-corrected chi connectivity index (χ3v) is 4.30. The molecule has 0 saturated carbocycles. The van der Waals surface area contributed by atoms with Crippen LogP contribution in [0.25, 0.3) is 0 Å². The van der Waals surface area contributed by atoms with Gasteiger partial charge >= 0.3 is 12.2 Å². The fourth-order valence-corrected chi connectivity index (χ4v) is 2.80. The summed E-state index contributed by atoms with van der Waals surface area (Å²) in [4.78, 5) is 12.1. The Hall–Kier alpha value is -3.44. The smallest absolute Gasteiger partial charge is 0.422 e. The maximum absolute atomic E-state index is 12.6. The van der Waals surface area contributed by atoms with Crippen LogP contribution in [-0.2, 0) is 19.5 Å². The molecule has 32 heavy (non-hydrogen) atoms. The number of benzene rings is 2. The summed E-state index contributed by atoms with van der Waals surface area (Å²) in [6.45, 7) is -0.235. The van der Waals surface area contributed by atoms with Crippen molar-refractivity contribution in [2.75, 3.05) is 23.8 Å². The van der Waals surface area contributed by atoms with E-state index in [9.17, 15) is 13.2 Å². The molecule has 0 atom stereocenters. The Morgan fingerprint density at radius 3 is 2.28 bits per heavy atom. The third-order valence-electron chi connectivity index (χ3n) is 4.30. The second-order valence-corrected chi connectivity index (χ2v) is 6.91. The number of aromatic nitrogens is 3. The van der Waals surface area contributed by atoms with Crippen molar-refractivity contribution in [1.29, 1.82) is 0 Å². The lowest BCUT2D eigenvalue weighted by atomic mass is 10.1. The highest BCUT2D eigenvalue weighted by molar-refractivity contribution is 5.55. The first-order valence-corrected chi connectivity index (χ1v) is 9.88. The molecule has 0 aliphatic heterocycles. The van der Waals surface area contributed by atoms with Crippen LogP contribution < -0.4 is 26.8 Å². The molecule has 3 aromatic rings. The number of hydrogen-bond acceptors (Lipinski definition) is 8. The van der Waals surface area contributed by atoms with E-state index in [-0.39, 0.29) is 11.9 Å². The molecule has 8 nitrogen and oxygen atoms in total. The van der Waals surface area contributed by atoms with Crippen molar-refractivity contribution in [2.24, 2.45) is 11.5 Å². The Morgan fingerprint density at radius 2 is 1.59 bits per heavy atom. The molecule has 1 heterocycles. The molecule has 6 N–H and O–H groups in total. The minimum absolute atomic E-state index is 0.0389. The second kappa shape index (κ2) is 10.7. The van der Waals surface area contributed by atoms with Gasteiger partial charge in [0.25, 0.3) is 0 Å². The molecule has 0 aliphatic rings. The first kappa shape index (κ1) is 23.2. The lowest BCUT2D eigenvalue weighted by molar-refractivity contribution is -0.154. The van der Waals surface area contributed by atoms with E-state index in [0.29, 0.717) is 25.3 Å². The number of nitrogens with zero attached hydrogens (tertiary/aromatic N) is 3. The molecule has 1 aromatic heterocycles. The van der Waals surface area contributed by atoms with Crippen molar-refractivity contribution in [3.8, 4) is 6.01 Å². The van der Waals surface area contributed by atoms with E-state index in [1.807, 2.05) is 36.4 Å². The van der Waals surface area contributed by atoms with Gasteiger partial charge in [0.1, 0.15) is 0 Å². The van der Waals surface area contributed by atoms with Crippen molar-refractivity contribution in [3.05, 3.63) is 65.2 Å². The summed E-state index contributed by atoms with van der Waals surface area (Å²) >= 11 is 0. The predicted octanol–water partition coefficient (Wildman–Crippen LogP) is 3.13. The summed E-state index contributed by atoms with van der Waals surface area (Å²) in [7, 11) is 0. The van der Waals surface area contributed by atoms with Crippen molar-refractivity contribution >= 4 is 17.6 Å². The quantitative estimate of drug-likeness (QED) is 0.374. The fourth-order valence-electron chi connectivity index (χ4n) is 2.80. The van der Waals surface area contributed by atoms with E-state index >= 15 is 0 Å². The number of hydrogen-bond donors (Lipinski definition) is 4. The van der Waals surface area contributed by atoms with E-state index in [1.54, 1.807) is 12.1 Å². The minimum Gasteiger partial charge on any atom is -0.454 e. The molecular formula is C21H24F3N7O. The number of ether oxygens (including phenoxy) is 1. The Balaban J connectivity index is 1.78. The maximum atomic E-state index is 12.6. The second-order valence-electron chi connectivity index (χ2n) is 6.91. The molecule has 2 aromatic carbocycles. The number of nitrogens with two attached hydrogens (primary N) is 2. The zero-order valence-electron chi connectivity index (χ0n) is 17.2. The zero-order valence-corrected chi connectivity index (χ0v) is 17.2. The lowest BCUT2D eigenvalue weighted by Crippen LogP contribution is -2.21. The van der Waals surface area contributed by atoms with E-state index in [1.165, 1.54) is 0 Å². The normalized spacial score (nSPS) is 11.3. The number of anilines is 3. The van der Waals surface area contributed by atoms with Crippen LogP contribution in [-0.4, -0.2) is 34.3 Å². The van der Waals surface area contributed by atoms with Gasteiger partial charge < -0.3 is 26.8 Å². The Labute approximate surface area is 183 Å². The van der Waals surface area contributed by atoms with Crippen LogP contribution in [0.1, 0.15) is 16.7 Å². The molecule has 0 radical (unpaired) electrons. The molecule has 0 saturated heterocycles. The van der Waals surface area contributed by atoms with Crippen LogP contribution in [0.5, 0.6) is 6.01 Å². The fraction of sp³-hybridized carbons (Fsp3) is 0.286. The van der Waals surface area contributed by atoms with Gasteiger partial charge in [-0.15, -0.1) is 0 Å². The van der Waals surface area contributed by atoms with Crippen molar-refractivity contribution < 1.29 is 17.9 Å². The summed E-state index contributed by atoms with van der Waals surface area (Å²) < 4.78 is 42.5. The Morgan fingerprint density at radius 1 is 0.875 bits per heavy atom. The zero-order chi connectivity index (χ0) is 23.0. The van der Waals surface area contributed by atoms with Crippen LogP contribution in [0.3, 0.4) is 0 Å². The summed E-state index contributed by atoms with van der Waals surface area (Å²) in [6, 6.07) is 14.5. The molecule has 0 unspecified atom stereocenters. The Bertz CT molecular complexity index is 1010. The van der Waals surface area contributed by atoms with Crippen LogP contribution in [0.2, 0.25) is 0 Å². The molecule has 0 aliphatic carbocycles. The number of nitrogens with one attached hydrogen (secondary N) is 2. The monoisotopic (exact) mass is 447 g/mol. The molecule has 0 bridgehead atoms. The molecular weight excluding hydrogens is 423 g/mol. The number of halogens is 3. The van der Waals surface area contributed by atoms with Gasteiger partial charge in [-0.05, 0) is 41.8 Å². The highest BCUT2D eigenvalue weighted by Crippen LogP contribution is 2.20. The molecule has 0 fully saturated rings. The van der Waals surface area contributed by atoms with E-state index in [0.717, 1.165) is 23.1 Å². The summed E-state index contributed by atoms with van der Waals surface area (Å²) in [5.74, 6) is 0.111. The summed E-state index contributed by atoms with van der Waals surface area (Å²) in [5.41, 5.74) is 14.8. The van der Waals surface area contributed by atoms with Crippen molar-refractivity contribution in [1.82, 2.24) is 15.0 Å². The van der Waals surface area contributed by atoms with E-state index < -0.39 is 18.8 Å². The molecule has 0 spiro atoms. The van der Waals surface area contributed by atoms with Crippen molar-refractivity contribution in [2.45, 2.75) is 25.7 Å². The first-order chi connectivity index (χ1) is 15.3. The van der Waals surface area contributed by atoms with Crippen LogP contribution in [0.4, 0.5) is 30.8 Å². The van der Waals surface area contributed by atoms with E-state index in [2.05, 4.69) is 25.6 Å². The summed E-state index contributed by atoms with van der Waals surface area (Å²) in [5, 5.41) is 5.94. The van der Waals surface area contributed by atoms with Crippen LogP contribution in [0, 0.1) is 0 Å². The van der Waals surface area contributed by atoms with Gasteiger partial charge in [-0.3, -0.25) is 0 Å². The van der Waals surface area contributed by atoms with Gasteiger partial charge in [-0.25, -0.2) is 0 Å². The molecule has 170 valence electrons. The van der Waals surface area contributed by atoms with Gasteiger partial charge in [-0.2, -0.15) is 28.1 Å². The maximum Gasteiger partial charge on any atom is 0.422 e. The van der Waals surface area contributed by atoms with Crippen molar-refractivity contribution in [3.63, 3.8) is 0 Å². The largest absolute Gasteiger partial charge is 0.454 e. The number of alkyl halides is 3. The standard InChI is InChI=1S/C21H24F3N7O/c22-21(23,24)13-32-20-30-18(27-12-16-3-1-2-14(10-16)8-9-25)29-19(31-20)28-17-6-4-15(11-26)5-7-17/h1-7,10H,8-9,11-13,25-26H2,(H2,27,28,29,30,31). The lowest BCUT2D eigenvalue weighted by Gasteiger charge is -2.12. The molecule has 11 heteroatoms. The average molecular weight is 447 g/mol. The average Bonchev–Trinajstić information content (AvgIpc) is 2.77. The van der Waals surface area contributed by atoms with Gasteiger partial charge in [0, 0.05) is 18.8 Å². The minimum atomic E-state index is -4.52. The highest BCUT2D eigenvalue weighted by Gasteiger charge is 2.29. The van der Waals surface area contributed by atoms with Crippen LogP contribution in [0.15, 0.2) is 48.5 Å².